The first-order valence-electron chi connectivity index (χ1n) is 6.91. The summed E-state index contributed by atoms with van der Waals surface area (Å²) in [7, 11) is 0. The summed E-state index contributed by atoms with van der Waals surface area (Å²) in [5.74, 6) is -0.766. The zero-order valence-corrected chi connectivity index (χ0v) is 13.6. The van der Waals surface area contributed by atoms with Crippen LogP contribution >= 0.6 is 11.3 Å². The molecule has 1 heterocycles. The highest BCUT2D eigenvalue weighted by Crippen LogP contribution is 2.23. The molecular formula is C16H19N3O2S. The lowest BCUT2D eigenvalue weighted by Crippen LogP contribution is -2.32. The van der Waals surface area contributed by atoms with E-state index < -0.39 is 11.9 Å². The van der Waals surface area contributed by atoms with E-state index >= 15 is 0 Å². The molecule has 0 aliphatic rings. The first-order chi connectivity index (χ1) is 10.4. The van der Waals surface area contributed by atoms with Crippen LogP contribution in [0.3, 0.4) is 0 Å². The number of carbonyl (C=O) groups is 2. The number of nitrogens with one attached hydrogen (secondary N) is 2. The lowest BCUT2D eigenvalue weighted by atomic mass is 10.1. The Bertz CT molecular complexity index is 709. The van der Waals surface area contributed by atoms with E-state index in [-0.39, 0.29) is 5.91 Å². The molecular weight excluding hydrogens is 298 g/mol. The minimum atomic E-state index is -0.549. The Kier molecular flexibility index (Phi) is 4.82. The molecule has 1 atom stereocenters. The van der Waals surface area contributed by atoms with Gasteiger partial charge in [0.2, 0.25) is 5.91 Å². The van der Waals surface area contributed by atoms with Crippen molar-refractivity contribution in [3.63, 3.8) is 0 Å². The van der Waals surface area contributed by atoms with Gasteiger partial charge in [-0.15, -0.1) is 11.3 Å². The van der Waals surface area contributed by atoms with Gasteiger partial charge < -0.3 is 16.4 Å². The summed E-state index contributed by atoms with van der Waals surface area (Å²) in [5.41, 5.74) is 8.79. The Morgan fingerprint density at radius 3 is 2.64 bits per heavy atom. The maximum Gasteiger partial charge on any atom is 0.251 e. The Morgan fingerprint density at radius 1 is 1.23 bits per heavy atom. The second kappa shape index (κ2) is 6.62. The minimum absolute atomic E-state index is 0.217. The van der Waals surface area contributed by atoms with Gasteiger partial charge in [-0.2, -0.15) is 0 Å². The summed E-state index contributed by atoms with van der Waals surface area (Å²) in [4.78, 5) is 23.5. The van der Waals surface area contributed by atoms with Gasteiger partial charge in [0.05, 0.1) is 5.56 Å². The van der Waals surface area contributed by atoms with Crippen LogP contribution in [0.25, 0.3) is 0 Å². The molecule has 0 bridgehead atoms. The molecule has 2 amide bonds. The molecule has 6 heteroatoms. The van der Waals surface area contributed by atoms with Gasteiger partial charge in [0.25, 0.3) is 5.91 Å². The average molecular weight is 317 g/mol. The van der Waals surface area contributed by atoms with E-state index in [4.69, 9.17) is 5.73 Å². The second-order valence-electron chi connectivity index (χ2n) is 5.13. The van der Waals surface area contributed by atoms with Crippen LogP contribution in [-0.2, 0) is 4.79 Å². The number of thiophene rings is 1. The molecule has 0 saturated carbocycles. The van der Waals surface area contributed by atoms with Crippen molar-refractivity contribution in [1.82, 2.24) is 0 Å². The Morgan fingerprint density at radius 2 is 1.95 bits per heavy atom. The third-order valence-electron chi connectivity index (χ3n) is 3.54. The van der Waals surface area contributed by atoms with Crippen LogP contribution in [0.5, 0.6) is 0 Å². The van der Waals surface area contributed by atoms with E-state index in [2.05, 4.69) is 10.6 Å². The van der Waals surface area contributed by atoms with Gasteiger partial charge in [-0.1, -0.05) is 12.1 Å². The fourth-order valence-electron chi connectivity index (χ4n) is 2.03. The molecule has 1 aromatic heterocycles. The number of primary amides is 1. The molecule has 0 radical (unpaired) electrons. The number of carbonyl (C=O) groups excluding carboxylic acids is 2. The van der Waals surface area contributed by atoms with Crippen LogP contribution in [0, 0.1) is 13.8 Å². The fraction of sp³-hybridized carbons (Fsp3) is 0.250. The van der Waals surface area contributed by atoms with Crippen molar-refractivity contribution in [2.45, 2.75) is 26.8 Å². The Balaban J connectivity index is 2.08. The van der Waals surface area contributed by atoms with Crippen molar-refractivity contribution in [2.75, 3.05) is 10.6 Å². The van der Waals surface area contributed by atoms with E-state index in [1.54, 1.807) is 18.4 Å². The van der Waals surface area contributed by atoms with Gasteiger partial charge in [0.15, 0.2) is 0 Å². The highest BCUT2D eigenvalue weighted by Gasteiger charge is 2.17. The van der Waals surface area contributed by atoms with Crippen LogP contribution < -0.4 is 16.4 Å². The standard InChI is InChI=1S/C16H19N3O2S/c1-9-5-4-6-13(10(9)2)18-11(3)15(21)19-16-12(14(17)20)7-8-22-16/h4-8,11,18H,1-3H3,(H2,17,20)(H,19,21)/t11-/m1/s1. The normalized spacial score (nSPS) is 11.8. The zero-order valence-electron chi connectivity index (χ0n) is 12.8. The molecule has 0 aliphatic carbocycles. The van der Waals surface area contributed by atoms with Crippen molar-refractivity contribution < 1.29 is 9.59 Å². The van der Waals surface area contributed by atoms with Gasteiger partial charge in [-0.3, -0.25) is 9.59 Å². The average Bonchev–Trinajstić information content (AvgIpc) is 2.92. The third-order valence-corrected chi connectivity index (χ3v) is 4.37. The monoisotopic (exact) mass is 317 g/mol. The van der Waals surface area contributed by atoms with Crippen molar-refractivity contribution in [3.8, 4) is 0 Å². The lowest BCUT2D eigenvalue weighted by molar-refractivity contribution is -0.116. The molecule has 0 fully saturated rings. The maximum atomic E-state index is 12.3. The van der Waals surface area contributed by atoms with Gasteiger partial charge in [-0.05, 0) is 49.4 Å². The molecule has 5 nitrogen and oxygen atoms in total. The number of anilines is 2. The van der Waals surface area contributed by atoms with Gasteiger partial charge >= 0.3 is 0 Å². The minimum Gasteiger partial charge on any atom is -0.374 e. The molecule has 0 unspecified atom stereocenters. The predicted octanol–water partition coefficient (Wildman–Crippen LogP) is 2.90. The molecule has 0 saturated heterocycles. The highest BCUT2D eigenvalue weighted by molar-refractivity contribution is 7.14. The summed E-state index contributed by atoms with van der Waals surface area (Å²) >= 11 is 1.27. The van der Waals surface area contributed by atoms with E-state index in [9.17, 15) is 9.59 Å². The molecule has 116 valence electrons. The van der Waals surface area contributed by atoms with Crippen LogP contribution in [0.15, 0.2) is 29.6 Å². The van der Waals surface area contributed by atoms with E-state index in [1.165, 1.54) is 11.3 Å². The first kappa shape index (κ1) is 16.0. The number of benzene rings is 1. The highest BCUT2D eigenvalue weighted by atomic mass is 32.1. The van der Waals surface area contributed by atoms with Crippen molar-refractivity contribution in [3.05, 3.63) is 46.3 Å². The van der Waals surface area contributed by atoms with E-state index in [0.29, 0.717) is 10.6 Å². The van der Waals surface area contributed by atoms with Crippen LogP contribution in [0.2, 0.25) is 0 Å². The smallest absolute Gasteiger partial charge is 0.251 e. The third kappa shape index (κ3) is 3.46. The van der Waals surface area contributed by atoms with Crippen molar-refractivity contribution >= 4 is 33.8 Å². The number of aryl methyl sites for hydroxylation is 1. The second-order valence-corrected chi connectivity index (χ2v) is 6.05. The summed E-state index contributed by atoms with van der Waals surface area (Å²) in [6, 6.07) is 7.07. The van der Waals surface area contributed by atoms with Crippen molar-refractivity contribution in [1.29, 1.82) is 0 Å². The van der Waals surface area contributed by atoms with Crippen LogP contribution in [0.1, 0.15) is 28.4 Å². The van der Waals surface area contributed by atoms with Gasteiger partial charge in [0, 0.05) is 5.69 Å². The van der Waals surface area contributed by atoms with Gasteiger partial charge in [-0.25, -0.2) is 0 Å². The number of hydrogen-bond donors (Lipinski definition) is 3. The quantitative estimate of drug-likeness (QED) is 0.793. The Hall–Kier alpha value is -2.34. The summed E-state index contributed by atoms with van der Waals surface area (Å²) in [5, 5.41) is 8.13. The SMILES string of the molecule is Cc1cccc(N[C@H](C)C(=O)Nc2sccc2C(N)=O)c1C. The number of hydrogen-bond acceptors (Lipinski definition) is 4. The maximum absolute atomic E-state index is 12.3. The first-order valence-corrected chi connectivity index (χ1v) is 7.79. The van der Waals surface area contributed by atoms with Crippen LogP contribution in [0.4, 0.5) is 10.7 Å². The van der Waals surface area contributed by atoms with E-state index in [0.717, 1.165) is 16.8 Å². The molecule has 22 heavy (non-hydrogen) atoms. The molecule has 1 aromatic carbocycles. The fourth-order valence-corrected chi connectivity index (χ4v) is 2.82. The molecule has 0 spiro atoms. The Labute approximate surface area is 133 Å². The molecule has 4 N–H and O–H groups in total. The number of amides is 2. The molecule has 0 aliphatic heterocycles. The number of rotatable bonds is 5. The van der Waals surface area contributed by atoms with Crippen molar-refractivity contribution in [2.24, 2.45) is 5.73 Å². The number of nitrogens with two attached hydrogens (primary N) is 1. The van der Waals surface area contributed by atoms with Crippen LogP contribution in [-0.4, -0.2) is 17.9 Å². The summed E-state index contributed by atoms with van der Waals surface area (Å²) < 4.78 is 0. The predicted molar refractivity (Wildman–Crippen MR) is 90.5 cm³/mol. The molecule has 2 aromatic rings. The zero-order chi connectivity index (χ0) is 16.3. The topological polar surface area (TPSA) is 84.2 Å². The summed E-state index contributed by atoms with van der Waals surface area (Å²) in [6.45, 7) is 5.80. The van der Waals surface area contributed by atoms with Gasteiger partial charge in [0.1, 0.15) is 11.0 Å². The summed E-state index contributed by atoms with van der Waals surface area (Å²) in [6.07, 6.45) is 0. The van der Waals surface area contributed by atoms with E-state index in [1.807, 2.05) is 32.0 Å². The largest absolute Gasteiger partial charge is 0.374 e. The lowest BCUT2D eigenvalue weighted by Gasteiger charge is -2.17. The molecule has 2 rings (SSSR count).